The van der Waals surface area contributed by atoms with Crippen molar-refractivity contribution >= 4 is 5.91 Å². The van der Waals surface area contributed by atoms with Gasteiger partial charge < -0.3 is 16.0 Å². The molecule has 0 saturated heterocycles. The van der Waals surface area contributed by atoms with Crippen molar-refractivity contribution in [2.24, 2.45) is 17.6 Å². The minimum Gasteiger partial charge on any atom is -0.355 e. The molecule has 88 valence electrons. The van der Waals surface area contributed by atoms with Gasteiger partial charge >= 0.3 is 0 Å². The summed E-state index contributed by atoms with van der Waals surface area (Å²) in [5.41, 5.74) is 5.65. The number of hydrogen-bond acceptors (Lipinski definition) is 3. The first-order chi connectivity index (χ1) is 7.15. The zero-order valence-electron chi connectivity index (χ0n) is 9.83. The molecular weight excluding hydrogens is 190 g/mol. The summed E-state index contributed by atoms with van der Waals surface area (Å²) in [6.07, 6.45) is 3.27. The van der Waals surface area contributed by atoms with Crippen LogP contribution in [0.2, 0.25) is 0 Å². The summed E-state index contributed by atoms with van der Waals surface area (Å²) >= 11 is 0. The molecule has 15 heavy (non-hydrogen) atoms. The average Bonchev–Trinajstić information content (AvgIpc) is 2.64. The number of likely N-dealkylation sites (N-methyl/N-ethyl adjacent to an activating group) is 1. The van der Waals surface area contributed by atoms with Gasteiger partial charge in [0.1, 0.15) is 0 Å². The van der Waals surface area contributed by atoms with Crippen LogP contribution in [0.4, 0.5) is 0 Å². The monoisotopic (exact) mass is 213 g/mol. The highest BCUT2D eigenvalue weighted by Crippen LogP contribution is 2.30. The normalized spacial score (nSPS) is 25.9. The summed E-state index contributed by atoms with van der Waals surface area (Å²) in [5.74, 6) is 0.770. The van der Waals surface area contributed by atoms with Crippen LogP contribution >= 0.6 is 0 Å². The molecule has 0 heterocycles. The Labute approximate surface area is 92.2 Å². The minimum absolute atomic E-state index is 0.164. The van der Waals surface area contributed by atoms with Crippen LogP contribution in [-0.2, 0) is 4.79 Å². The number of nitrogens with two attached hydrogens (primary N) is 1. The summed E-state index contributed by atoms with van der Waals surface area (Å²) in [4.78, 5) is 13.9. The number of rotatable bonds is 5. The van der Waals surface area contributed by atoms with Gasteiger partial charge in [-0.05, 0) is 39.4 Å². The van der Waals surface area contributed by atoms with E-state index in [0.29, 0.717) is 12.5 Å². The molecule has 4 nitrogen and oxygen atoms in total. The van der Waals surface area contributed by atoms with Crippen molar-refractivity contribution in [3.8, 4) is 0 Å². The first kappa shape index (κ1) is 12.5. The molecule has 1 aliphatic carbocycles. The van der Waals surface area contributed by atoms with E-state index in [0.717, 1.165) is 32.4 Å². The summed E-state index contributed by atoms with van der Waals surface area (Å²) in [6.45, 7) is 2.27. The first-order valence-electron chi connectivity index (χ1n) is 5.77. The number of carbonyl (C=O) groups is 1. The van der Waals surface area contributed by atoms with Gasteiger partial charge in [-0.3, -0.25) is 4.79 Å². The maximum Gasteiger partial charge on any atom is 0.223 e. The van der Waals surface area contributed by atoms with E-state index in [1.807, 2.05) is 14.1 Å². The SMILES string of the molecule is CN(C)CCNC(=O)[C@@H]1CCC[C@@H]1CN. The molecule has 4 heteroatoms. The van der Waals surface area contributed by atoms with Gasteiger partial charge in [0.05, 0.1) is 0 Å². The van der Waals surface area contributed by atoms with E-state index in [2.05, 4.69) is 10.2 Å². The average molecular weight is 213 g/mol. The standard InChI is InChI=1S/C11H23N3O/c1-14(2)7-6-13-11(15)10-5-3-4-9(10)8-12/h9-10H,3-8,12H2,1-2H3,(H,13,15)/t9-,10-/m1/s1. The summed E-state index contributed by atoms with van der Waals surface area (Å²) in [6, 6.07) is 0. The second-order valence-electron chi connectivity index (χ2n) is 4.63. The lowest BCUT2D eigenvalue weighted by molar-refractivity contribution is -0.125. The van der Waals surface area contributed by atoms with Crippen LogP contribution in [0.5, 0.6) is 0 Å². The Morgan fingerprint density at radius 1 is 1.47 bits per heavy atom. The maximum absolute atomic E-state index is 11.8. The van der Waals surface area contributed by atoms with E-state index in [1.54, 1.807) is 0 Å². The van der Waals surface area contributed by atoms with Gasteiger partial charge in [0.2, 0.25) is 5.91 Å². The first-order valence-corrected chi connectivity index (χ1v) is 5.77. The third kappa shape index (κ3) is 3.80. The zero-order chi connectivity index (χ0) is 11.3. The fourth-order valence-corrected chi connectivity index (χ4v) is 2.20. The van der Waals surface area contributed by atoms with Crippen molar-refractivity contribution in [3.05, 3.63) is 0 Å². The molecule has 0 bridgehead atoms. The summed E-state index contributed by atoms with van der Waals surface area (Å²) < 4.78 is 0. The molecule has 0 aromatic rings. The number of carbonyl (C=O) groups excluding carboxylic acids is 1. The van der Waals surface area contributed by atoms with Crippen molar-refractivity contribution < 1.29 is 4.79 Å². The Morgan fingerprint density at radius 3 is 2.80 bits per heavy atom. The van der Waals surface area contributed by atoms with Crippen LogP contribution in [0.1, 0.15) is 19.3 Å². The zero-order valence-corrected chi connectivity index (χ0v) is 9.83. The largest absolute Gasteiger partial charge is 0.355 e. The molecule has 0 unspecified atom stereocenters. The fraction of sp³-hybridized carbons (Fsp3) is 0.909. The lowest BCUT2D eigenvalue weighted by Crippen LogP contribution is -2.38. The molecule has 0 aromatic heterocycles. The maximum atomic E-state index is 11.8. The highest BCUT2D eigenvalue weighted by molar-refractivity contribution is 5.79. The molecule has 2 atom stereocenters. The van der Waals surface area contributed by atoms with Crippen LogP contribution in [0.3, 0.4) is 0 Å². The molecule has 1 fully saturated rings. The van der Waals surface area contributed by atoms with E-state index in [9.17, 15) is 4.79 Å². The van der Waals surface area contributed by atoms with Crippen LogP contribution in [0.25, 0.3) is 0 Å². The third-order valence-corrected chi connectivity index (χ3v) is 3.16. The van der Waals surface area contributed by atoms with Gasteiger partial charge in [-0.1, -0.05) is 6.42 Å². The van der Waals surface area contributed by atoms with Gasteiger partial charge in [0, 0.05) is 19.0 Å². The van der Waals surface area contributed by atoms with Crippen LogP contribution in [0, 0.1) is 11.8 Å². The molecular formula is C11H23N3O. The van der Waals surface area contributed by atoms with Gasteiger partial charge in [0.15, 0.2) is 0 Å². The second-order valence-corrected chi connectivity index (χ2v) is 4.63. The number of nitrogens with one attached hydrogen (secondary N) is 1. The molecule has 1 rings (SSSR count). The fourth-order valence-electron chi connectivity index (χ4n) is 2.20. The third-order valence-electron chi connectivity index (χ3n) is 3.16. The molecule has 3 N–H and O–H groups in total. The predicted octanol–water partition coefficient (Wildman–Crippen LogP) is 0.0392. The van der Waals surface area contributed by atoms with Gasteiger partial charge in [0.25, 0.3) is 0 Å². The highest BCUT2D eigenvalue weighted by atomic mass is 16.1. The molecule has 0 aromatic carbocycles. The molecule has 0 radical (unpaired) electrons. The summed E-state index contributed by atoms with van der Waals surface area (Å²) in [5, 5.41) is 2.98. The van der Waals surface area contributed by atoms with Crippen molar-refractivity contribution in [2.45, 2.75) is 19.3 Å². The van der Waals surface area contributed by atoms with Crippen molar-refractivity contribution in [2.75, 3.05) is 33.7 Å². The Hall–Kier alpha value is -0.610. The highest BCUT2D eigenvalue weighted by Gasteiger charge is 2.31. The van der Waals surface area contributed by atoms with Crippen molar-refractivity contribution in [1.82, 2.24) is 10.2 Å². The smallest absolute Gasteiger partial charge is 0.223 e. The Balaban J connectivity index is 2.27. The molecule has 1 aliphatic rings. The number of nitrogens with zero attached hydrogens (tertiary/aromatic N) is 1. The number of amides is 1. The van der Waals surface area contributed by atoms with Crippen LogP contribution < -0.4 is 11.1 Å². The van der Waals surface area contributed by atoms with Gasteiger partial charge in [-0.2, -0.15) is 0 Å². The van der Waals surface area contributed by atoms with Crippen molar-refractivity contribution in [1.29, 1.82) is 0 Å². The summed E-state index contributed by atoms with van der Waals surface area (Å²) in [7, 11) is 4.01. The van der Waals surface area contributed by atoms with E-state index < -0.39 is 0 Å². The Bertz CT molecular complexity index is 206. The predicted molar refractivity (Wildman–Crippen MR) is 61.4 cm³/mol. The van der Waals surface area contributed by atoms with E-state index in [1.165, 1.54) is 0 Å². The molecule has 1 saturated carbocycles. The van der Waals surface area contributed by atoms with E-state index >= 15 is 0 Å². The van der Waals surface area contributed by atoms with E-state index in [-0.39, 0.29) is 11.8 Å². The van der Waals surface area contributed by atoms with E-state index in [4.69, 9.17) is 5.73 Å². The Kier molecular flexibility index (Phi) is 5.05. The number of hydrogen-bond donors (Lipinski definition) is 2. The quantitative estimate of drug-likeness (QED) is 0.678. The molecule has 0 spiro atoms. The second kappa shape index (κ2) is 6.08. The van der Waals surface area contributed by atoms with Gasteiger partial charge in [-0.25, -0.2) is 0 Å². The molecule has 1 amide bonds. The minimum atomic E-state index is 0.164. The van der Waals surface area contributed by atoms with Crippen LogP contribution in [-0.4, -0.2) is 44.5 Å². The van der Waals surface area contributed by atoms with Crippen molar-refractivity contribution in [3.63, 3.8) is 0 Å². The van der Waals surface area contributed by atoms with Gasteiger partial charge in [-0.15, -0.1) is 0 Å². The molecule has 0 aliphatic heterocycles. The lowest BCUT2D eigenvalue weighted by Gasteiger charge is -2.18. The Morgan fingerprint density at radius 2 is 2.20 bits per heavy atom. The van der Waals surface area contributed by atoms with Crippen LogP contribution in [0.15, 0.2) is 0 Å². The topological polar surface area (TPSA) is 58.4 Å². The lowest BCUT2D eigenvalue weighted by atomic mass is 9.95.